The SMILES string of the molecule is N[C@H]1COCC[C@H]1Nc1nc(CCc2ccc(Cl)cc2)c2c(c1F)CNC2=O. The van der Waals surface area contributed by atoms with Crippen molar-refractivity contribution in [3.05, 3.63) is 57.5 Å². The van der Waals surface area contributed by atoms with Crippen LogP contribution in [-0.2, 0) is 24.1 Å². The van der Waals surface area contributed by atoms with Crippen molar-refractivity contribution in [1.82, 2.24) is 10.3 Å². The first-order valence-electron chi connectivity index (χ1n) is 9.36. The highest BCUT2D eigenvalue weighted by Crippen LogP contribution is 2.28. The molecule has 6 nitrogen and oxygen atoms in total. The molecule has 0 spiro atoms. The molecule has 4 rings (SSSR count). The maximum atomic E-state index is 15.0. The second-order valence-corrected chi connectivity index (χ2v) is 7.60. The number of halogens is 2. The number of anilines is 1. The predicted molar refractivity (Wildman–Crippen MR) is 105 cm³/mol. The first-order chi connectivity index (χ1) is 13.5. The summed E-state index contributed by atoms with van der Waals surface area (Å²) in [5.41, 5.74) is 8.47. The Hall–Kier alpha value is -2.22. The Morgan fingerprint density at radius 2 is 2.11 bits per heavy atom. The number of aromatic nitrogens is 1. The van der Waals surface area contributed by atoms with E-state index in [1.165, 1.54) is 0 Å². The molecule has 1 saturated heterocycles. The van der Waals surface area contributed by atoms with Crippen molar-refractivity contribution in [1.29, 1.82) is 0 Å². The molecule has 2 aromatic rings. The Labute approximate surface area is 167 Å². The number of nitrogens with one attached hydrogen (secondary N) is 2. The van der Waals surface area contributed by atoms with Gasteiger partial charge in [0.25, 0.3) is 5.91 Å². The molecule has 1 aromatic carbocycles. The normalized spacial score (nSPS) is 21.3. The number of aryl methyl sites for hydroxylation is 2. The molecule has 0 bridgehead atoms. The molecule has 28 heavy (non-hydrogen) atoms. The molecule has 3 heterocycles. The lowest BCUT2D eigenvalue weighted by molar-refractivity contribution is 0.0751. The van der Waals surface area contributed by atoms with E-state index in [9.17, 15) is 4.79 Å². The highest BCUT2D eigenvalue weighted by molar-refractivity contribution is 6.30. The molecule has 148 valence electrons. The topological polar surface area (TPSA) is 89.3 Å². The molecule has 1 fully saturated rings. The van der Waals surface area contributed by atoms with Crippen LogP contribution in [-0.4, -0.2) is 36.2 Å². The molecule has 0 radical (unpaired) electrons. The van der Waals surface area contributed by atoms with Gasteiger partial charge in [-0.1, -0.05) is 23.7 Å². The number of hydrogen-bond donors (Lipinski definition) is 3. The van der Waals surface area contributed by atoms with Gasteiger partial charge in [0.05, 0.1) is 17.9 Å². The van der Waals surface area contributed by atoms with Gasteiger partial charge < -0.3 is 21.1 Å². The van der Waals surface area contributed by atoms with Crippen molar-refractivity contribution >= 4 is 23.3 Å². The van der Waals surface area contributed by atoms with Crippen molar-refractivity contribution in [2.45, 2.75) is 37.9 Å². The van der Waals surface area contributed by atoms with Gasteiger partial charge in [0, 0.05) is 35.8 Å². The third kappa shape index (κ3) is 3.83. The van der Waals surface area contributed by atoms with E-state index >= 15 is 4.39 Å². The van der Waals surface area contributed by atoms with Gasteiger partial charge in [0.1, 0.15) is 0 Å². The summed E-state index contributed by atoms with van der Waals surface area (Å²) < 4.78 is 20.4. The largest absolute Gasteiger partial charge is 0.380 e. The van der Waals surface area contributed by atoms with Crippen molar-refractivity contribution in [3.8, 4) is 0 Å². The predicted octanol–water partition coefficient (Wildman–Crippen LogP) is 2.43. The zero-order valence-electron chi connectivity index (χ0n) is 15.3. The Bertz CT molecular complexity index is 891. The standard InChI is InChI=1S/C20H22ClFN4O2/c21-12-4-1-11(2-5-12)3-6-16-17-13(9-24-20(17)27)18(22)19(26-16)25-15-7-8-28-10-14(15)23/h1-2,4-5,14-15H,3,6-10,23H2,(H,24,27)(H,25,26)/t14-,15+/m0/s1. The lowest BCUT2D eigenvalue weighted by atomic mass is 10.0. The van der Waals surface area contributed by atoms with Crippen molar-refractivity contribution in [2.75, 3.05) is 18.5 Å². The Balaban J connectivity index is 1.61. The Kier molecular flexibility index (Phi) is 5.48. The molecule has 2 aliphatic heterocycles. The molecule has 2 atom stereocenters. The fourth-order valence-corrected chi connectivity index (χ4v) is 3.79. The van der Waals surface area contributed by atoms with E-state index in [-0.39, 0.29) is 30.4 Å². The average Bonchev–Trinajstić information content (AvgIpc) is 3.08. The van der Waals surface area contributed by atoms with Gasteiger partial charge in [-0.05, 0) is 37.0 Å². The number of amides is 1. The number of pyridine rings is 1. The van der Waals surface area contributed by atoms with E-state index in [1.807, 2.05) is 24.3 Å². The summed E-state index contributed by atoms with van der Waals surface area (Å²) in [7, 11) is 0. The van der Waals surface area contributed by atoms with Crippen LogP contribution in [0.2, 0.25) is 5.02 Å². The van der Waals surface area contributed by atoms with Crippen molar-refractivity contribution in [3.63, 3.8) is 0 Å². The van der Waals surface area contributed by atoms with Gasteiger partial charge in [0.2, 0.25) is 0 Å². The van der Waals surface area contributed by atoms with E-state index < -0.39 is 5.82 Å². The summed E-state index contributed by atoms with van der Waals surface area (Å²) in [5.74, 6) is -0.604. The molecule has 0 aliphatic carbocycles. The molecule has 0 unspecified atom stereocenters. The number of carbonyl (C=O) groups excluding carboxylic acids is 1. The first kappa shape index (κ1) is 19.1. The van der Waals surface area contributed by atoms with Gasteiger partial charge in [-0.2, -0.15) is 0 Å². The number of ether oxygens (including phenoxy) is 1. The lowest BCUT2D eigenvalue weighted by Gasteiger charge is -2.30. The van der Waals surface area contributed by atoms with Gasteiger partial charge in [-0.15, -0.1) is 0 Å². The summed E-state index contributed by atoms with van der Waals surface area (Å²) in [6, 6.07) is 7.17. The fourth-order valence-electron chi connectivity index (χ4n) is 3.66. The average molecular weight is 405 g/mol. The van der Waals surface area contributed by atoms with Crippen LogP contribution in [0, 0.1) is 5.82 Å². The number of nitrogens with zero attached hydrogens (tertiary/aromatic N) is 1. The van der Waals surface area contributed by atoms with Crippen molar-refractivity contribution in [2.24, 2.45) is 5.73 Å². The minimum Gasteiger partial charge on any atom is -0.380 e. The first-order valence-corrected chi connectivity index (χ1v) is 9.74. The molecule has 0 saturated carbocycles. The number of fused-ring (bicyclic) bond motifs is 1. The maximum absolute atomic E-state index is 15.0. The summed E-state index contributed by atoms with van der Waals surface area (Å²) in [6.45, 7) is 1.17. The quantitative estimate of drug-likeness (QED) is 0.712. The molecular weight excluding hydrogens is 383 g/mol. The molecule has 1 amide bonds. The van der Waals surface area contributed by atoms with E-state index in [4.69, 9.17) is 22.1 Å². The number of benzene rings is 1. The molecule has 1 aromatic heterocycles. The van der Waals surface area contributed by atoms with E-state index in [0.717, 1.165) is 5.56 Å². The van der Waals surface area contributed by atoms with Crippen LogP contribution < -0.4 is 16.4 Å². The van der Waals surface area contributed by atoms with Crippen LogP contribution in [0.1, 0.15) is 33.6 Å². The monoisotopic (exact) mass is 404 g/mol. The van der Waals surface area contributed by atoms with Crippen LogP contribution in [0.4, 0.5) is 10.2 Å². The van der Waals surface area contributed by atoms with Crippen LogP contribution in [0.25, 0.3) is 0 Å². The highest BCUT2D eigenvalue weighted by Gasteiger charge is 2.31. The number of nitrogens with two attached hydrogens (primary N) is 1. The summed E-state index contributed by atoms with van der Waals surface area (Å²) in [6.07, 6.45) is 1.87. The third-order valence-electron chi connectivity index (χ3n) is 5.25. The maximum Gasteiger partial charge on any atom is 0.253 e. The van der Waals surface area contributed by atoms with E-state index in [2.05, 4.69) is 15.6 Å². The van der Waals surface area contributed by atoms with Gasteiger partial charge in [0.15, 0.2) is 11.6 Å². The minimum absolute atomic E-state index is 0.122. The zero-order chi connectivity index (χ0) is 19.7. The fraction of sp³-hybridized carbons (Fsp3) is 0.400. The zero-order valence-corrected chi connectivity index (χ0v) is 16.1. The van der Waals surface area contributed by atoms with Crippen LogP contribution in [0.3, 0.4) is 0 Å². The summed E-state index contributed by atoms with van der Waals surface area (Å²) >= 11 is 5.93. The van der Waals surface area contributed by atoms with E-state index in [1.54, 1.807) is 0 Å². The smallest absolute Gasteiger partial charge is 0.253 e. The molecule has 2 aliphatic rings. The minimum atomic E-state index is -0.484. The highest BCUT2D eigenvalue weighted by atomic mass is 35.5. The Morgan fingerprint density at radius 3 is 2.86 bits per heavy atom. The lowest BCUT2D eigenvalue weighted by Crippen LogP contribution is -2.48. The van der Waals surface area contributed by atoms with Gasteiger partial charge >= 0.3 is 0 Å². The molecular formula is C20H22ClFN4O2. The van der Waals surface area contributed by atoms with Crippen LogP contribution >= 0.6 is 11.6 Å². The van der Waals surface area contributed by atoms with Gasteiger partial charge in [-0.25, -0.2) is 9.37 Å². The number of hydrogen-bond acceptors (Lipinski definition) is 5. The number of rotatable bonds is 5. The molecule has 4 N–H and O–H groups in total. The Morgan fingerprint density at radius 1 is 1.32 bits per heavy atom. The second-order valence-electron chi connectivity index (χ2n) is 7.16. The van der Waals surface area contributed by atoms with Crippen LogP contribution in [0.5, 0.6) is 0 Å². The molecule has 8 heteroatoms. The number of carbonyl (C=O) groups is 1. The van der Waals surface area contributed by atoms with E-state index in [0.29, 0.717) is 54.3 Å². The van der Waals surface area contributed by atoms with Crippen LogP contribution in [0.15, 0.2) is 24.3 Å². The summed E-state index contributed by atoms with van der Waals surface area (Å²) in [4.78, 5) is 16.7. The third-order valence-corrected chi connectivity index (χ3v) is 5.50. The van der Waals surface area contributed by atoms with Crippen molar-refractivity contribution < 1.29 is 13.9 Å². The van der Waals surface area contributed by atoms with Gasteiger partial charge in [-0.3, -0.25) is 4.79 Å². The summed E-state index contributed by atoms with van der Waals surface area (Å²) in [5, 5.41) is 6.51. The second kappa shape index (κ2) is 8.03.